The van der Waals surface area contributed by atoms with Gasteiger partial charge in [-0.2, -0.15) is 5.26 Å². The van der Waals surface area contributed by atoms with Crippen molar-refractivity contribution in [3.63, 3.8) is 0 Å². The van der Waals surface area contributed by atoms with Crippen LogP contribution in [-0.2, 0) is 6.42 Å². The third-order valence-corrected chi connectivity index (χ3v) is 4.26. The molecule has 4 nitrogen and oxygen atoms in total. The second-order valence-corrected chi connectivity index (χ2v) is 5.37. The molecule has 0 saturated heterocycles. The Kier molecular flexibility index (Phi) is 2.30. The number of nitrogens with zero attached hydrogens (tertiary/aromatic N) is 2. The van der Waals surface area contributed by atoms with Crippen LogP contribution in [0.4, 0.5) is 0 Å². The molecule has 0 aromatic heterocycles. The van der Waals surface area contributed by atoms with Crippen molar-refractivity contribution in [1.29, 1.82) is 5.26 Å². The van der Waals surface area contributed by atoms with Crippen molar-refractivity contribution < 1.29 is 0 Å². The Bertz CT molecular complexity index is 557. The molecule has 1 aliphatic carbocycles. The van der Waals surface area contributed by atoms with Gasteiger partial charge in [-0.3, -0.25) is 5.32 Å². The number of nitrogens with one attached hydrogen (secondary N) is 2. The van der Waals surface area contributed by atoms with E-state index in [-0.39, 0.29) is 11.6 Å². The average Bonchev–Trinajstić information content (AvgIpc) is 2.33. The maximum absolute atomic E-state index is 8.74. The molecule has 18 heavy (non-hydrogen) atoms. The molecule has 2 N–H and O–H groups in total. The van der Waals surface area contributed by atoms with E-state index in [2.05, 4.69) is 53.7 Å². The molecule has 92 valence electrons. The van der Waals surface area contributed by atoms with E-state index in [1.807, 2.05) is 6.19 Å². The van der Waals surface area contributed by atoms with Gasteiger partial charge < -0.3 is 5.32 Å². The Hall–Kier alpha value is -2.02. The first-order valence-corrected chi connectivity index (χ1v) is 6.23. The molecule has 0 spiro atoms. The summed E-state index contributed by atoms with van der Waals surface area (Å²) in [6.07, 6.45) is 2.90. The maximum Gasteiger partial charge on any atom is 0.205 e. The van der Waals surface area contributed by atoms with Crippen LogP contribution in [0, 0.1) is 17.4 Å². The normalized spacial score (nSPS) is 32.6. The van der Waals surface area contributed by atoms with Crippen LogP contribution in [0.2, 0.25) is 0 Å². The molecule has 0 radical (unpaired) electrons. The monoisotopic (exact) mass is 240 g/mol. The summed E-state index contributed by atoms with van der Waals surface area (Å²) in [6.45, 7) is 4.43. The molecule has 0 fully saturated rings. The predicted molar refractivity (Wildman–Crippen MR) is 69.8 cm³/mol. The molecule has 1 aromatic carbocycles. The van der Waals surface area contributed by atoms with Gasteiger partial charge in [0.25, 0.3) is 0 Å². The summed E-state index contributed by atoms with van der Waals surface area (Å²) < 4.78 is 0. The number of guanidine groups is 1. The minimum Gasteiger partial charge on any atom is -0.350 e. The first-order valence-electron chi connectivity index (χ1n) is 6.23. The number of aliphatic imine (C=N–C) groups is 1. The van der Waals surface area contributed by atoms with Gasteiger partial charge in [0.05, 0.1) is 6.04 Å². The Labute approximate surface area is 107 Å². The van der Waals surface area contributed by atoms with E-state index >= 15 is 0 Å². The largest absolute Gasteiger partial charge is 0.350 e. The number of rotatable bonds is 0. The fourth-order valence-corrected chi connectivity index (χ4v) is 3.06. The van der Waals surface area contributed by atoms with Gasteiger partial charge in [-0.15, -0.1) is 0 Å². The molecule has 3 rings (SSSR count). The Morgan fingerprint density at radius 2 is 2.28 bits per heavy atom. The van der Waals surface area contributed by atoms with Crippen LogP contribution < -0.4 is 10.6 Å². The lowest BCUT2D eigenvalue weighted by Gasteiger charge is -2.48. The van der Waals surface area contributed by atoms with Crippen LogP contribution >= 0.6 is 0 Å². The third kappa shape index (κ3) is 1.47. The highest BCUT2D eigenvalue weighted by Crippen LogP contribution is 2.44. The molecule has 2 aliphatic rings. The highest BCUT2D eigenvalue weighted by molar-refractivity contribution is 5.83. The van der Waals surface area contributed by atoms with Crippen molar-refractivity contribution in [1.82, 2.24) is 10.6 Å². The molecule has 0 amide bonds. The molecule has 0 saturated carbocycles. The summed E-state index contributed by atoms with van der Waals surface area (Å²) in [5.41, 5.74) is 2.61. The van der Waals surface area contributed by atoms with Crippen LogP contribution in [0.5, 0.6) is 0 Å². The Balaban J connectivity index is 2.12. The molecule has 2 bridgehead atoms. The number of fused-ring (bicyclic) bond motifs is 4. The molecule has 1 heterocycles. The molecule has 3 atom stereocenters. The molecule has 0 unspecified atom stereocenters. The van der Waals surface area contributed by atoms with E-state index in [9.17, 15) is 0 Å². The SMILES string of the molecule is C[C@H]1[C@H]2N=C(NC#N)N[C@]1(C)Cc1ccccc12. The van der Waals surface area contributed by atoms with Crippen molar-refractivity contribution in [2.24, 2.45) is 10.9 Å². The third-order valence-electron chi connectivity index (χ3n) is 4.26. The second kappa shape index (κ2) is 3.74. The molecule has 1 aliphatic heterocycles. The lowest BCUT2D eigenvalue weighted by atomic mass is 9.68. The van der Waals surface area contributed by atoms with Crippen LogP contribution in [0.3, 0.4) is 0 Å². The van der Waals surface area contributed by atoms with Crippen molar-refractivity contribution in [2.45, 2.75) is 31.8 Å². The molecular formula is C14H16N4. The zero-order chi connectivity index (χ0) is 12.8. The summed E-state index contributed by atoms with van der Waals surface area (Å²) in [5.74, 6) is 1.01. The zero-order valence-corrected chi connectivity index (χ0v) is 10.6. The fourth-order valence-electron chi connectivity index (χ4n) is 3.06. The van der Waals surface area contributed by atoms with Crippen LogP contribution in [-0.4, -0.2) is 11.5 Å². The van der Waals surface area contributed by atoms with Gasteiger partial charge in [-0.05, 0) is 24.5 Å². The minimum absolute atomic E-state index is 0.0417. The van der Waals surface area contributed by atoms with E-state index in [1.54, 1.807) is 0 Å². The number of nitriles is 1. The Morgan fingerprint density at radius 3 is 3.06 bits per heavy atom. The number of benzene rings is 1. The maximum atomic E-state index is 8.74. The van der Waals surface area contributed by atoms with Gasteiger partial charge in [0.1, 0.15) is 0 Å². The van der Waals surface area contributed by atoms with Crippen molar-refractivity contribution in [3.05, 3.63) is 35.4 Å². The lowest BCUT2D eigenvalue weighted by Crippen LogP contribution is -2.61. The molecular weight excluding hydrogens is 224 g/mol. The molecule has 4 heteroatoms. The summed E-state index contributed by atoms with van der Waals surface area (Å²) >= 11 is 0. The van der Waals surface area contributed by atoms with E-state index in [4.69, 9.17) is 5.26 Å². The van der Waals surface area contributed by atoms with Gasteiger partial charge in [-0.1, -0.05) is 31.2 Å². The van der Waals surface area contributed by atoms with Crippen LogP contribution in [0.15, 0.2) is 29.3 Å². The number of hydrogen-bond acceptors (Lipinski definition) is 4. The van der Waals surface area contributed by atoms with Gasteiger partial charge >= 0.3 is 0 Å². The zero-order valence-electron chi connectivity index (χ0n) is 10.6. The predicted octanol–water partition coefficient (Wildman–Crippen LogP) is 1.71. The first-order chi connectivity index (χ1) is 8.64. The number of hydrogen-bond donors (Lipinski definition) is 2. The topological polar surface area (TPSA) is 60.2 Å². The average molecular weight is 240 g/mol. The summed E-state index contributed by atoms with van der Waals surface area (Å²) in [6, 6.07) is 8.59. The highest BCUT2D eigenvalue weighted by Gasteiger charge is 2.45. The van der Waals surface area contributed by atoms with E-state index in [0.29, 0.717) is 11.9 Å². The summed E-state index contributed by atoms with van der Waals surface area (Å²) in [5, 5.41) is 14.7. The van der Waals surface area contributed by atoms with Gasteiger partial charge in [-0.25, -0.2) is 4.99 Å². The summed E-state index contributed by atoms with van der Waals surface area (Å²) in [7, 11) is 0. The lowest BCUT2D eigenvalue weighted by molar-refractivity contribution is 0.207. The first kappa shape index (κ1) is 11.1. The standard InChI is InChI=1S/C14H16N4/c1-9-12-11-6-4-3-5-10(11)7-14(9,2)18-13(17-12)16-8-15/h3-6,9,12H,7H2,1-2H3,(H2,16,17,18)/t9-,12+,14+/m0/s1. The second-order valence-electron chi connectivity index (χ2n) is 5.37. The minimum atomic E-state index is -0.0417. The van der Waals surface area contributed by atoms with Crippen molar-refractivity contribution in [2.75, 3.05) is 0 Å². The van der Waals surface area contributed by atoms with Crippen LogP contribution in [0.25, 0.3) is 0 Å². The van der Waals surface area contributed by atoms with E-state index < -0.39 is 0 Å². The van der Waals surface area contributed by atoms with Crippen molar-refractivity contribution in [3.8, 4) is 6.19 Å². The van der Waals surface area contributed by atoms with Crippen molar-refractivity contribution >= 4 is 5.96 Å². The fraction of sp³-hybridized carbons (Fsp3) is 0.429. The van der Waals surface area contributed by atoms with E-state index in [0.717, 1.165) is 6.42 Å². The summed E-state index contributed by atoms with van der Waals surface area (Å²) in [4.78, 5) is 4.63. The van der Waals surface area contributed by atoms with Gasteiger partial charge in [0.2, 0.25) is 5.96 Å². The quantitative estimate of drug-likeness (QED) is 0.536. The highest BCUT2D eigenvalue weighted by atomic mass is 15.2. The Morgan fingerprint density at radius 1 is 1.50 bits per heavy atom. The smallest absolute Gasteiger partial charge is 0.205 e. The van der Waals surface area contributed by atoms with Crippen LogP contribution in [0.1, 0.15) is 31.0 Å². The van der Waals surface area contributed by atoms with E-state index in [1.165, 1.54) is 11.1 Å². The molecule has 1 aromatic rings. The van der Waals surface area contributed by atoms with Gasteiger partial charge in [0, 0.05) is 11.5 Å². The van der Waals surface area contributed by atoms with Gasteiger partial charge in [0.15, 0.2) is 6.19 Å².